The maximum absolute atomic E-state index is 5.76. The van der Waals surface area contributed by atoms with Crippen molar-refractivity contribution in [2.24, 2.45) is 0 Å². The van der Waals surface area contributed by atoms with Gasteiger partial charge in [-0.2, -0.15) is 0 Å². The van der Waals surface area contributed by atoms with E-state index in [9.17, 15) is 0 Å². The first kappa shape index (κ1) is 17.5. The van der Waals surface area contributed by atoms with Gasteiger partial charge < -0.3 is 9.47 Å². The molecule has 0 amide bonds. The predicted octanol–water partition coefficient (Wildman–Crippen LogP) is 4.14. The number of benzene rings is 2. The maximum atomic E-state index is 5.76. The number of methoxy groups -OCH3 is 1. The zero-order valence-electron chi connectivity index (χ0n) is 14.3. The Hall–Kier alpha value is -1.84. The highest BCUT2D eigenvalue weighted by Crippen LogP contribution is 2.30. The summed E-state index contributed by atoms with van der Waals surface area (Å²) < 4.78 is 10.8. The molecule has 0 saturated heterocycles. The summed E-state index contributed by atoms with van der Waals surface area (Å²) in [5, 5.41) is 1.44. The zero-order chi connectivity index (χ0) is 16.7. The van der Waals surface area contributed by atoms with Crippen LogP contribution in [-0.4, -0.2) is 28.4 Å². The van der Waals surface area contributed by atoms with Gasteiger partial charge in [-0.1, -0.05) is 66.8 Å². The lowest BCUT2D eigenvalue weighted by Crippen LogP contribution is -2.46. The van der Waals surface area contributed by atoms with Gasteiger partial charge in [-0.25, -0.2) is 0 Å². The van der Waals surface area contributed by atoms with Gasteiger partial charge in [0.15, 0.2) is 0 Å². The second kappa shape index (κ2) is 8.13. The highest BCUT2D eigenvalue weighted by atomic mass is 28.3. The smallest absolute Gasteiger partial charge is 0.119 e. The van der Waals surface area contributed by atoms with Crippen LogP contribution in [0.25, 0.3) is 0 Å². The van der Waals surface area contributed by atoms with E-state index in [-0.39, 0.29) is 0 Å². The van der Waals surface area contributed by atoms with Crippen molar-refractivity contribution < 1.29 is 9.47 Å². The average molecular weight is 327 g/mol. The lowest BCUT2D eigenvalue weighted by Gasteiger charge is -2.31. The second-order valence-electron chi connectivity index (χ2n) is 6.21. The fraction of sp³-hybridized carbons (Fsp3) is 0.300. The first-order chi connectivity index (χ1) is 11.1. The molecule has 0 N–H and O–H groups in total. The molecule has 1 atom stereocenters. The van der Waals surface area contributed by atoms with Crippen molar-refractivity contribution in [3.63, 3.8) is 0 Å². The third-order valence-corrected chi connectivity index (χ3v) is 8.25. The van der Waals surface area contributed by atoms with E-state index in [1.807, 2.05) is 6.07 Å². The van der Waals surface area contributed by atoms with Gasteiger partial charge in [0.1, 0.15) is 12.4 Å². The number of hydrogen-bond acceptors (Lipinski definition) is 2. The Kier molecular flexibility index (Phi) is 6.19. The summed E-state index contributed by atoms with van der Waals surface area (Å²) in [5.41, 5.74) is 1.62. The van der Waals surface area contributed by atoms with Gasteiger partial charge in [-0.05, 0) is 17.7 Å². The van der Waals surface area contributed by atoms with Crippen molar-refractivity contribution in [1.82, 2.24) is 0 Å². The summed E-state index contributed by atoms with van der Waals surface area (Å²) >= 11 is 0. The lowest BCUT2D eigenvalue weighted by atomic mass is 10.1. The number of hydrogen-bond donors (Lipinski definition) is 0. The minimum absolute atomic E-state index is 0.343. The summed E-state index contributed by atoms with van der Waals surface area (Å²) in [6.45, 7) is 10.1. The van der Waals surface area contributed by atoms with E-state index in [0.29, 0.717) is 18.8 Å². The molecular weight excluding hydrogens is 300 g/mol. The maximum Gasteiger partial charge on any atom is 0.119 e. The standard InChI is InChI=1S/C20H26O2Si/c1-5-20(23(3,4)19-12-7-6-8-13-19)17-10-9-11-18(16-17)22-15-14-21-2/h5-13,16,20H,1,14-15H2,2-4H3/t20-/m0/s1. The molecule has 0 heterocycles. The van der Waals surface area contributed by atoms with Crippen molar-refractivity contribution in [2.75, 3.05) is 20.3 Å². The van der Waals surface area contributed by atoms with E-state index < -0.39 is 8.07 Å². The lowest BCUT2D eigenvalue weighted by molar-refractivity contribution is 0.146. The Bertz CT molecular complexity index is 623. The molecule has 0 saturated carbocycles. The predicted molar refractivity (Wildman–Crippen MR) is 100 cm³/mol. The summed E-state index contributed by atoms with van der Waals surface area (Å²) in [6.07, 6.45) is 2.09. The van der Waals surface area contributed by atoms with E-state index in [1.54, 1.807) is 7.11 Å². The minimum atomic E-state index is -1.71. The largest absolute Gasteiger partial charge is 0.491 e. The normalized spacial score (nSPS) is 12.7. The molecule has 0 unspecified atom stereocenters. The Morgan fingerprint density at radius 2 is 1.78 bits per heavy atom. The molecule has 0 aliphatic carbocycles. The van der Waals surface area contributed by atoms with Crippen LogP contribution < -0.4 is 9.92 Å². The van der Waals surface area contributed by atoms with Gasteiger partial charge in [-0.3, -0.25) is 0 Å². The van der Waals surface area contributed by atoms with Crippen LogP contribution in [-0.2, 0) is 4.74 Å². The number of ether oxygens (including phenoxy) is 2. The molecular formula is C20H26O2Si. The molecule has 2 nitrogen and oxygen atoms in total. The van der Waals surface area contributed by atoms with Gasteiger partial charge in [0.2, 0.25) is 0 Å². The molecule has 0 radical (unpaired) electrons. The molecule has 0 aliphatic rings. The Morgan fingerprint density at radius 3 is 2.43 bits per heavy atom. The van der Waals surface area contributed by atoms with Gasteiger partial charge in [0.25, 0.3) is 0 Å². The van der Waals surface area contributed by atoms with Crippen LogP contribution >= 0.6 is 0 Å². The minimum Gasteiger partial charge on any atom is -0.491 e. The molecule has 0 aliphatic heterocycles. The summed E-state index contributed by atoms with van der Waals surface area (Å²) in [4.78, 5) is 0. The van der Waals surface area contributed by atoms with Crippen LogP contribution in [0.5, 0.6) is 5.75 Å². The van der Waals surface area contributed by atoms with E-state index in [2.05, 4.69) is 74.3 Å². The fourth-order valence-corrected chi connectivity index (χ4v) is 5.95. The van der Waals surface area contributed by atoms with Crippen LogP contribution in [0.1, 0.15) is 11.1 Å². The van der Waals surface area contributed by atoms with Crippen LogP contribution in [0, 0.1) is 0 Å². The Morgan fingerprint density at radius 1 is 1.04 bits per heavy atom. The van der Waals surface area contributed by atoms with E-state index in [1.165, 1.54) is 10.8 Å². The first-order valence-corrected chi connectivity index (χ1v) is 11.1. The van der Waals surface area contributed by atoms with E-state index in [0.717, 1.165) is 5.75 Å². The van der Waals surface area contributed by atoms with Crippen LogP contribution in [0.4, 0.5) is 0 Å². The molecule has 0 fully saturated rings. The monoisotopic (exact) mass is 326 g/mol. The average Bonchev–Trinajstić information content (AvgIpc) is 2.57. The van der Waals surface area contributed by atoms with Crippen molar-refractivity contribution in [3.05, 3.63) is 72.8 Å². The van der Waals surface area contributed by atoms with Crippen LogP contribution in [0.2, 0.25) is 13.1 Å². The van der Waals surface area contributed by atoms with Gasteiger partial charge in [0, 0.05) is 12.7 Å². The summed E-state index contributed by atoms with van der Waals surface area (Å²) in [5.74, 6) is 0.893. The van der Waals surface area contributed by atoms with Crippen LogP contribution in [0.15, 0.2) is 67.3 Å². The van der Waals surface area contributed by atoms with Crippen molar-refractivity contribution in [2.45, 2.75) is 18.6 Å². The van der Waals surface area contributed by atoms with Crippen LogP contribution in [0.3, 0.4) is 0 Å². The molecule has 2 rings (SSSR count). The van der Waals surface area contributed by atoms with E-state index in [4.69, 9.17) is 9.47 Å². The summed E-state index contributed by atoms with van der Waals surface area (Å²) in [6, 6.07) is 19.2. The molecule has 3 heteroatoms. The first-order valence-electron chi connectivity index (χ1n) is 7.99. The topological polar surface area (TPSA) is 18.5 Å². The van der Waals surface area contributed by atoms with Gasteiger partial charge >= 0.3 is 0 Å². The third kappa shape index (κ3) is 4.33. The molecule has 2 aromatic carbocycles. The second-order valence-corrected chi connectivity index (χ2v) is 10.9. The molecule has 2 aromatic rings. The fourth-order valence-electron chi connectivity index (χ4n) is 2.94. The third-order valence-electron chi connectivity index (χ3n) is 4.30. The van der Waals surface area contributed by atoms with Gasteiger partial charge in [0.05, 0.1) is 14.7 Å². The molecule has 0 bridgehead atoms. The Balaban J connectivity index is 2.27. The highest BCUT2D eigenvalue weighted by molar-refractivity contribution is 6.91. The van der Waals surface area contributed by atoms with Gasteiger partial charge in [-0.15, -0.1) is 6.58 Å². The molecule has 23 heavy (non-hydrogen) atoms. The van der Waals surface area contributed by atoms with Crippen molar-refractivity contribution in [1.29, 1.82) is 0 Å². The number of allylic oxidation sites excluding steroid dienone is 1. The highest BCUT2D eigenvalue weighted by Gasteiger charge is 2.32. The molecule has 0 aromatic heterocycles. The molecule has 122 valence electrons. The summed E-state index contributed by atoms with van der Waals surface area (Å²) in [7, 11) is -0.0270. The van der Waals surface area contributed by atoms with E-state index >= 15 is 0 Å². The van der Waals surface area contributed by atoms with Crippen molar-refractivity contribution in [3.8, 4) is 5.75 Å². The molecule has 0 spiro atoms. The number of rotatable bonds is 8. The van der Waals surface area contributed by atoms with Crippen molar-refractivity contribution >= 4 is 13.3 Å². The zero-order valence-corrected chi connectivity index (χ0v) is 15.3. The Labute approximate surface area is 140 Å². The SMILES string of the molecule is C=C[C@@H](c1cccc(OCCOC)c1)[Si](C)(C)c1ccccc1. The quantitative estimate of drug-likeness (QED) is 0.412.